The van der Waals surface area contributed by atoms with Crippen LogP contribution < -0.4 is 10.2 Å². The molecule has 0 bridgehead atoms. The first-order chi connectivity index (χ1) is 8.38. The molecule has 0 amide bonds. The number of nitrogens with one attached hydrogen (secondary N) is 1. The van der Waals surface area contributed by atoms with Gasteiger partial charge in [-0.1, -0.05) is 0 Å². The van der Waals surface area contributed by atoms with Gasteiger partial charge < -0.3 is 10.2 Å². The summed E-state index contributed by atoms with van der Waals surface area (Å²) < 4.78 is 39.3. The number of halogens is 4. The average Bonchev–Trinajstić information content (AvgIpc) is 2.27. The molecule has 0 saturated carbocycles. The second-order valence-corrected chi connectivity index (χ2v) is 5.24. The van der Waals surface area contributed by atoms with E-state index >= 15 is 0 Å². The number of rotatable bonds is 1. The first kappa shape index (κ1) is 13.6. The second kappa shape index (κ2) is 5.05. The maximum Gasteiger partial charge on any atom is 0.419 e. The molecule has 0 aromatic carbocycles. The molecule has 0 spiro atoms. The lowest BCUT2D eigenvalue weighted by molar-refractivity contribution is -0.137. The third-order valence-electron chi connectivity index (χ3n) is 2.81. The number of anilines is 1. The Morgan fingerprint density at radius 1 is 1.50 bits per heavy atom. The molecule has 1 N–H and O–H groups in total. The van der Waals surface area contributed by atoms with Crippen molar-refractivity contribution >= 4 is 21.7 Å². The van der Waals surface area contributed by atoms with Crippen LogP contribution in [0.25, 0.3) is 0 Å². The van der Waals surface area contributed by atoms with E-state index in [1.807, 2.05) is 6.92 Å². The van der Waals surface area contributed by atoms with Crippen LogP contribution in [0.15, 0.2) is 16.7 Å². The lowest BCUT2D eigenvalue weighted by Gasteiger charge is -2.34. The average molecular weight is 324 g/mol. The van der Waals surface area contributed by atoms with Crippen LogP contribution in [0.1, 0.15) is 12.5 Å². The molecular weight excluding hydrogens is 311 g/mol. The zero-order valence-electron chi connectivity index (χ0n) is 9.76. The Balaban J connectivity index is 2.37. The van der Waals surface area contributed by atoms with Crippen molar-refractivity contribution in [3.63, 3.8) is 0 Å². The third-order valence-corrected chi connectivity index (χ3v) is 3.24. The largest absolute Gasteiger partial charge is 0.419 e. The molecule has 1 aromatic rings. The van der Waals surface area contributed by atoms with E-state index in [0.717, 1.165) is 6.07 Å². The van der Waals surface area contributed by atoms with Crippen molar-refractivity contribution in [2.75, 3.05) is 24.5 Å². The first-order valence-electron chi connectivity index (χ1n) is 5.59. The van der Waals surface area contributed by atoms with Crippen molar-refractivity contribution in [2.24, 2.45) is 0 Å². The van der Waals surface area contributed by atoms with Crippen LogP contribution in [-0.2, 0) is 6.18 Å². The SMILES string of the molecule is CC1CN(c2ncc(Br)cc2C(F)(F)F)CCN1. The van der Waals surface area contributed by atoms with Crippen molar-refractivity contribution in [2.45, 2.75) is 19.1 Å². The number of nitrogens with zero attached hydrogens (tertiary/aromatic N) is 2. The van der Waals surface area contributed by atoms with Crippen LogP contribution in [0.2, 0.25) is 0 Å². The molecule has 1 saturated heterocycles. The highest BCUT2D eigenvalue weighted by atomic mass is 79.9. The van der Waals surface area contributed by atoms with E-state index in [2.05, 4.69) is 26.2 Å². The van der Waals surface area contributed by atoms with Crippen molar-refractivity contribution in [3.05, 3.63) is 22.3 Å². The highest BCUT2D eigenvalue weighted by Crippen LogP contribution is 2.37. The Hall–Kier alpha value is -0.820. The van der Waals surface area contributed by atoms with Gasteiger partial charge in [0.1, 0.15) is 5.82 Å². The van der Waals surface area contributed by atoms with E-state index in [1.165, 1.54) is 6.20 Å². The number of aromatic nitrogens is 1. The normalized spacial score (nSPS) is 21.2. The van der Waals surface area contributed by atoms with Crippen LogP contribution in [0, 0.1) is 0 Å². The van der Waals surface area contributed by atoms with Gasteiger partial charge in [-0.2, -0.15) is 13.2 Å². The first-order valence-corrected chi connectivity index (χ1v) is 6.38. The molecule has 1 fully saturated rings. The molecule has 7 heteroatoms. The van der Waals surface area contributed by atoms with Gasteiger partial charge in [0, 0.05) is 36.3 Å². The summed E-state index contributed by atoms with van der Waals surface area (Å²) in [6.07, 6.45) is -2.99. The Kier molecular flexibility index (Phi) is 3.82. The monoisotopic (exact) mass is 323 g/mol. The van der Waals surface area contributed by atoms with E-state index in [-0.39, 0.29) is 11.9 Å². The van der Waals surface area contributed by atoms with Gasteiger partial charge in [-0.15, -0.1) is 0 Å². The van der Waals surface area contributed by atoms with E-state index in [4.69, 9.17) is 0 Å². The molecule has 1 aromatic heterocycles. The number of alkyl halides is 3. The maximum atomic E-state index is 13.0. The number of piperazine rings is 1. The second-order valence-electron chi connectivity index (χ2n) is 4.32. The molecule has 1 unspecified atom stereocenters. The van der Waals surface area contributed by atoms with E-state index < -0.39 is 11.7 Å². The summed E-state index contributed by atoms with van der Waals surface area (Å²) in [5.74, 6) is 0.0130. The quantitative estimate of drug-likeness (QED) is 0.861. The molecule has 0 radical (unpaired) electrons. The number of pyridine rings is 1. The van der Waals surface area contributed by atoms with Crippen LogP contribution in [0.4, 0.5) is 19.0 Å². The highest BCUT2D eigenvalue weighted by molar-refractivity contribution is 9.10. The predicted molar refractivity (Wildman–Crippen MR) is 66.6 cm³/mol. The summed E-state index contributed by atoms with van der Waals surface area (Å²) >= 11 is 3.03. The van der Waals surface area contributed by atoms with Gasteiger partial charge in [-0.05, 0) is 28.9 Å². The van der Waals surface area contributed by atoms with Gasteiger partial charge in [0.25, 0.3) is 0 Å². The van der Waals surface area contributed by atoms with Crippen LogP contribution >= 0.6 is 15.9 Å². The third kappa shape index (κ3) is 2.95. The van der Waals surface area contributed by atoms with E-state index in [9.17, 15) is 13.2 Å². The molecule has 1 aliphatic rings. The van der Waals surface area contributed by atoms with Crippen molar-refractivity contribution < 1.29 is 13.2 Å². The fourth-order valence-corrected chi connectivity index (χ4v) is 2.35. The minimum absolute atomic E-state index is 0.0130. The van der Waals surface area contributed by atoms with E-state index in [0.29, 0.717) is 24.1 Å². The van der Waals surface area contributed by atoms with Crippen molar-refractivity contribution in [1.82, 2.24) is 10.3 Å². The molecule has 18 heavy (non-hydrogen) atoms. The predicted octanol–water partition coefficient (Wildman–Crippen LogP) is 2.66. The lowest BCUT2D eigenvalue weighted by Crippen LogP contribution is -2.50. The lowest BCUT2D eigenvalue weighted by atomic mass is 10.2. The van der Waals surface area contributed by atoms with Gasteiger partial charge in [0.15, 0.2) is 0 Å². The Labute approximate surface area is 112 Å². The molecule has 100 valence electrons. The molecule has 2 heterocycles. The summed E-state index contributed by atoms with van der Waals surface area (Å²) in [4.78, 5) is 5.61. The molecule has 2 rings (SSSR count). The molecule has 1 aliphatic heterocycles. The Bertz CT molecular complexity index is 436. The fourth-order valence-electron chi connectivity index (χ4n) is 2.02. The summed E-state index contributed by atoms with van der Waals surface area (Å²) in [7, 11) is 0. The van der Waals surface area contributed by atoms with E-state index in [1.54, 1.807) is 4.90 Å². The minimum Gasteiger partial charge on any atom is -0.353 e. The Morgan fingerprint density at radius 2 is 2.22 bits per heavy atom. The smallest absolute Gasteiger partial charge is 0.353 e. The van der Waals surface area contributed by atoms with Gasteiger partial charge in [0.2, 0.25) is 0 Å². The maximum absolute atomic E-state index is 13.0. The minimum atomic E-state index is -4.39. The van der Waals surface area contributed by atoms with Gasteiger partial charge in [-0.3, -0.25) is 0 Å². The number of hydrogen-bond donors (Lipinski definition) is 1. The van der Waals surface area contributed by atoms with Crippen molar-refractivity contribution in [3.8, 4) is 0 Å². The van der Waals surface area contributed by atoms with Gasteiger partial charge in [-0.25, -0.2) is 4.98 Å². The van der Waals surface area contributed by atoms with Crippen molar-refractivity contribution in [1.29, 1.82) is 0 Å². The molecule has 0 aliphatic carbocycles. The standard InChI is InChI=1S/C11H13BrF3N3/c1-7-6-18(3-2-16-7)10-9(11(13,14)15)4-8(12)5-17-10/h4-5,7,16H,2-3,6H2,1H3. The molecular formula is C11H13BrF3N3. The summed E-state index contributed by atoms with van der Waals surface area (Å²) in [5.41, 5.74) is -0.689. The molecule has 1 atom stereocenters. The number of hydrogen-bond acceptors (Lipinski definition) is 3. The summed E-state index contributed by atoms with van der Waals surface area (Å²) in [6.45, 7) is 3.66. The van der Waals surface area contributed by atoms with Gasteiger partial charge >= 0.3 is 6.18 Å². The summed E-state index contributed by atoms with van der Waals surface area (Å²) in [5, 5.41) is 3.19. The fraction of sp³-hybridized carbons (Fsp3) is 0.545. The Morgan fingerprint density at radius 3 is 2.83 bits per heavy atom. The highest BCUT2D eigenvalue weighted by Gasteiger charge is 2.36. The molecule has 3 nitrogen and oxygen atoms in total. The zero-order valence-corrected chi connectivity index (χ0v) is 11.3. The van der Waals surface area contributed by atoms with Crippen LogP contribution in [0.5, 0.6) is 0 Å². The zero-order chi connectivity index (χ0) is 13.3. The van der Waals surface area contributed by atoms with Crippen LogP contribution in [0.3, 0.4) is 0 Å². The van der Waals surface area contributed by atoms with Crippen LogP contribution in [-0.4, -0.2) is 30.7 Å². The van der Waals surface area contributed by atoms with Gasteiger partial charge in [0.05, 0.1) is 5.56 Å². The summed E-state index contributed by atoms with van der Waals surface area (Å²) in [6, 6.07) is 1.24. The topological polar surface area (TPSA) is 28.2 Å².